The van der Waals surface area contributed by atoms with Crippen LogP contribution in [-0.2, 0) is 22.5 Å². The normalized spacial score (nSPS) is 19.4. The quantitative estimate of drug-likeness (QED) is 0.698. The van der Waals surface area contributed by atoms with E-state index >= 15 is 0 Å². The van der Waals surface area contributed by atoms with E-state index in [0.29, 0.717) is 12.0 Å². The van der Waals surface area contributed by atoms with Gasteiger partial charge < -0.3 is 14.6 Å². The first kappa shape index (κ1) is 25.1. The monoisotopic (exact) mass is 460 g/mol. The molecule has 2 heterocycles. The molecule has 0 spiro atoms. The number of carboxylic acids is 1. The van der Waals surface area contributed by atoms with Crippen LogP contribution in [-0.4, -0.2) is 60.5 Å². The molecule has 10 heteroatoms. The predicted octanol–water partition coefficient (Wildman–Crippen LogP) is 4.17. The Morgan fingerprint density at radius 3 is 2.42 bits per heavy atom. The van der Waals surface area contributed by atoms with E-state index in [1.54, 1.807) is 18.4 Å². The molecule has 172 valence electrons. The number of hydrogen-bond donors (Lipinski definition) is 1. The van der Waals surface area contributed by atoms with E-state index in [9.17, 15) is 13.2 Å². The van der Waals surface area contributed by atoms with Crippen molar-refractivity contribution in [3.63, 3.8) is 0 Å². The zero-order valence-electron chi connectivity index (χ0n) is 17.7. The number of aromatic nitrogens is 1. The standard InChI is InChI=1S/C19H26N2O2S.C2HF3O2/c1-14-13-24-19(20-14)12-21-9-8-18(23-3)16(11-21)10-15-4-6-17(22-2)7-5-15;3-2(4,5)1(6)7/h4-7,13,16,18H,8-12H2,1-3H3;(H,6,7)/t16-,18+;/m0./s1. The summed E-state index contributed by atoms with van der Waals surface area (Å²) in [6, 6.07) is 8.40. The van der Waals surface area contributed by atoms with Gasteiger partial charge in [0.2, 0.25) is 0 Å². The van der Waals surface area contributed by atoms with E-state index in [1.165, 1.54) is 10.6 Å². The zero-order valence-corrected chi connectivity index (χ0v) is 18.5. The molecule has 6 nitrogen and oxygen atoms in total. The summed E-state index contributed by atoms with van der Waals surface area (Å²) in [5.74, 6) is -1.34. The Balaban J connectivity index is 0.000000423. The number of piperidine rings is 1. The number of carboxylic acid groups (broad SMARTS) is 1. The Morgan fingerprint density at radius 1 is 1.29 bits per heavy atom. The molecule has 0 radical (unpaired) electrons. The SMILES string of the molecule is COc1ccc(C[C@H]2CN(Cc3nc(C)cs3)CC[C@H]2OC)cc1.O=C(O)C(F)(F)F. The molecule has 1 aromatic heterocycles. The largest absolute Gasteiger partial charge is 0.497 e. The van der Waals surface area contributed by atoms with Gasteiger partial charge in [0, 0.05) is 37.2 Å². The van der Waals surface area contributed by atoms with E-state index < -0.39 is 12.1 Å². The second-order valence-corrected chi connectivity index (χ2v) is 8.24. The molecule has 1 saturated heterocycles. The number of nitrogens with zero attached hydrogens (tertiary/aromatic N) is 2. The van der Waals surface area contributed by atoms with E-state index in [2.05, 4.69) is 34.3 Å². The minimum absolute atomic E-state index is 0.335. The van der Waals surface area contributed by atoms with Crippen LogP contribution in [0.3, 0.4) is 0 Å². The average molecular weight is 461 g/mol. The summed E-state index contributed by atoms with van der Waals surface area (Å²) in [6.07, 6.45) is -2.63. The molecule has 1 fully saturated rings. The van der Waals surface area contributed by atoms with Crippen LogP contribution in [0.25, 0.3) is 0 Å². The van der Waals surface area contributed by atoms with Crippen molar-refractivity contribution in [2.75, 3.05) is 27.3 Å². The maximum absolute atomic E-state index is 10.6. The van der Waals surface area contributed by atoms with Crippen LogP contribution in [0.1, 0.15) is 22.7 Å². The summed E-state index contributed by atoms with van der Waals surface area (Å²) in [4.78, 5) is 16.0. The second kappa shape index (κ2) is 11.4. The van der Waals surface area contributed by atoms with E-state index in [0.717, 1.165) is 43.9 Å². The van der Waals surface area contributed by atoms with Gasteiger partial charge in [0.1, 0.15) is 10.8 Å². The van der Waals surface area contributed by atoms with Crippen LogP contribution < -0.4 is 4.74 Å². The van der Waals surface area contributed by atoms with Gasteiger partial charge in [-0.3, -0.25) is 4.90 Å². The molecular weight excluding hydrogens is 433 g/mol. The maximum Gasteiger partial charge on any atom is 0.490 e. The van der Waals surface area contributed by atoms with Gasteiger partial charge in [0.05, 0.1) is 19.8 Å². The van der Waals surface area contributed by atoms with Gasteiger partial charge in [-0.2, -0.15) is 13.2 Å². The summed E-state index contributed by atoms with van der Waals surface area (Å²) < 4.78 is 42.7. The molecule has 0 saturated carbocycles. The Kier molecular flexibility index (Phi) is 9.27. The summed E-state index contributed by atoms with van der Waals surface area (Å²) >= 11 is 1.76. The number of halogens is 3. The van der Waals surface area contributed by atoms with Gasteiger partial charge in [0.25, 0.3) is 0 Å². The average Bonchev–Trinajstić information content (AvgIpc) is 3.13. The molecular formula is C21H27F3N2O4S. The maximum atomic E-state index is 10.6. The molecule has 1 N–H and O–H groups in total. The summed E-state index contributed by atoms with van der Waals surface area (Å²) in [5, 5.41) is 10.5. The lowest BCUT2D eigenvalue weighted by Crippen LogP contribution is -2.44. The number of carbonyl (C=O) groups is 1. The van der Waals surface area contributed by atoms with E-state index in [-0.39, 0.29) is 0 Å². The van der Waals surface area contributed by atoms with Crippen LogP contribution in [0.5, 0.6) is 5.75 Å². The number of methoxy groups -OCH3 is 2. The second-order valence-electron chi connectivity index (χ2n) is 7.30. The number of benzene rings is 1. The fraction of sp³-hybridized carbons (Fsp3) is 0.524. The zero-order chi connectivity index (χ0) is 23.0. The molecule has 31 heavy (non-hydrogen) atoms. The lowest BCUT2D eigenvalue weighted by atomic mass is 9.88. The first-order valence-corrected chi connectivity index (χ1v) is 10.6. The smallest absolute Gasteiger partial charge is 0.490 e. The molecule has 0 bridgehead atoms. The topological polar surface area (TPSA) is 71.9 Å². The molecule has 1 aromatic carbocycles. The summed E-state index contributed by atoms with van der Waals surface area (Å²) in [5.41, 5.74) is 2.46. The van der Waals surface area contributed by atoms with Crippen molar-refractivity contribution in [3.8, 4) is 5.75 Å². The molecule has 1 aliphatic rings. The third-order valence-electron chi connectivity index (χ3n) is 4.98. The molecule has 2 aromatic rings. The molecule has 3 rings (SSSR count). The molecule has 0 amide bonds. The van der Waals surface area contributed by atoms with Crippen molar-refractivity contribution < 1.29 is 32.5 Å². The van der Waals surface area contributed by atoms with Gasteiger partial charge in [0.15, 0.2) is 0 Å². The minimum Gasteiger partial charge on any atom is -0.497 e. The summed E-state index contributed by atoms with van der Waals surface area (Å²) in [6.45, 7) is 5.15. The number of thiazole rings is 1. The highest BCUT2D eigenvalue weighted by Gasteiger charge is 2.38. The van der Waals surface area contributed by atoms with Crippen molar-refractivity contribution in [1.29, 1.82) is 0 Å². The number of rotatable bonds is 6. The lowest BCUT2D eigenvalue weighted by molar-refractivity contribution is -0.192. The highest BCUT2D eigenvalue weighted by molar-refractivity contribution is 7.09. The van der Waals surface area contributed by atoms with Crippen LogP contribution in [0.15, 0.2) is 29.6 Å². The number of ether oxygens (including phenoxy) is 2. The number of hydrogen-bond acceptors (Lipinski definition) is 6. The fourth-order valence-electron chi connectivity index (χ4n) is 3.47. The van der Waals surface area contributed by atoms with E-state index in [1.807, 2.05) is 19.2 Å². The number of likely N-dealkylation sites (tertiary alicyclic amines) is 1. The van der Waals surface area contributed by atoms with Crippen molar-refractivity contribution >= 4 is 17.3 Å². The first-order valence-electron chi connectivity index (χ1n) is 9.71. The van der Waals surface area contributed by atoms with E-state index in [4.69, 9.17) is 19.4 Å². The van der Waals surface area contributed by atoms with Crippen LogP contribution in [0.2, 0.25) is 0 Å². The molecule has 0 unspecified atom stereocenters. The molecule has 1 aliphatic heterocycles. The van der Waals surface area contributed by atoms with Crippen LogP contribution >= 0.6 is 11.3 Å². The van der Waals surface area contributed by atoms with Crippen molar-refractivity contribution in [1.82, 2.24) is 9.88 Å². The van der Waals surface area contributed by atoms with Gasteiger partial charge >= 0.3 is 12.1 Å². The molecule has 2 atom stereocenters. The summed E-state index contributed by atoms with van der Waals surface area (Å²) in [7, 11) is 3.54. The lowest BCUT2D eigenvalue weighted by Gasteiger charge is -2.37. The van der Waals surface area contributed by atoms with Crippen LogP contribution in [0.4, 0.5) is 13.2 Å². The third-order valence-corrected chi connectivity index (χ3v) is 5.93. The van der Waals surface area contributed by atoms with Crippen LogP contribution in [0, 0.1) is 12.8 Å². The minimum atomic E-state index is -5.08. The Hall–Kier alpha value is -2.17. The van der Waals surface area contributed by atoms with Gasteiger partial charge in [-0.15, -0.1) is 11.3 Å². The Labute approximate surface area is 183 Å². The number of aryl methyl sites for hydroxylation is 1. The van der Waals surface area contributed by atoms with Crippen molar-refractivity contribution in [2.45, 2.75) is 38.6 Å². The fourth-order valence-corrected chi connectivity index (χ4v) is 4.28. The number of alkyl halides is 3. The Bertz CT molecular complexity index is 827. The van der Waals surface area contributed by atoms with Gasteiger partial charge in [-0.1, -0.05) is 12.1 Å². The van der Waals surface area contributed by atoms with Gasteiger partial charge in [-0.05, 0) is 37.5 Å². The van der Waals surface area contributed by atoms with Crippen molar-refractivity contribution in [2.24, 2.45) is 5.92 Å². The van der Waals surface area contributed by atoms with Gasteiger partial charge in [-0.25, -0.2) is 9.78 Å². The number of aliphatic carboxylic acids is 1. The molecule has 0 aliphatic carbocycles. The third kappa shape index (κ3) is 8.12. The Morgan fingerprint density at radius 2 is 1.94 bits per heavy atom. The highest BCUT2D eigenvalue weighted by Crippen LogP contribution is 2.26. The first-order chi connectivity index (χ1) is 14.6. The predicted molar refractivity (Wildman–Crippen MR) is 111 cm³/mol. The highest BCUT2D eigenvalue weighted by atomic mass is 32.1. The van der Waals surface area contributed by atoms with Crippen molar-refractivity contribution in [3.05, 3.63) is 45.9 Å².